The molecule has 3 fully saturated rings. The van der Waals surface area contributed by atoms with Gasteiger partial charge < -0.3 is 20.1 Å². The van der Waals surface area contributed by atoms with Gasteiger partial charge in [0.25, 0.3) is 5.91 Å². The van der Waals surface area contributed by atoms with Gasteiger partial charge in [0, 0.05) is 41.3 Å². The maximum atomic E-state index is 13.6. The summed E-state index contributed by atoms with van der Waals surface area (Å²) in [5.74, 6) is 5.97. The molecule has 0 bridgehead atoms. The molecule has 45 heavy (non-hydrogen) atoms. The third-order valence-corrected chi connectivity index (χ3v) is 11.0. The number of carbonyl (C=O) groups is 1. The van der Waals surface area contributed by atoms with Crippen LogP contribution in [0.5, 0.6) is 0 Å². The Hall–Kier alpha value is -3.49. The van der Waals surface area contributed by atoms with Crippen molar-refractivity contribution in [3.05, 3.63) is 81.3 Å². The summed E-state index contributed by atoms with van der Waals surface area (Å²) in [5, 5.41) is 28.3. The predicted octanol–water partition coefficient (Wildman–Crippen LogP) is 6.28. The molecule has 3 N–H and O–H groups in total. The van der Waals surface area contributed by atoms with E-state index in [0.717, 1.165) is 40.7 Å². The van der Waals surface area contributed by atoms with Gasteiger partial charge in [-0.25, -0.2) is 14.4 Å². The highest BCUT2D eigenvalue weighted by molar-refractivity contribution is 7.12. The van der Waals surface area contributed by atoms with Crippen LogP contribution in [-0.4, -0.2) is 46.4 Å². The summed E-state index contributed by atoms with van der Waals surface area (Å²) in [4.78, 5) is 22.7. The van der Waals surface area contributed by atoms with Crippen LogP contribution in [0.15, 0.2) is 42.0 Å². The highest BCUT2D eigenvalue weighted by atomic mass is 35.5. The van der Waals surface area contributed by atoms with Crippen molar-refractivity contribution in [2.24, 2.45) is 18.9 Å². The van der Waals surface area contributed by atoms with Gasteiger partial charge in [0.2, 0.25) is 0 Å². The molecule has 8 nitrogen and oxygen atoms in total. The summed E-state index contributed by atoms with van der Waals surface area (Å²) in [6, 6.07) is 8.24. The zero-order valence-electron chi connectivity index (χ0n) is 25.3. The number of anilines is 1. The Morgan fingerprint density at radius 1 is 1.04 bits per heavy atom. The third kappa shape index (κ3) is 5.61. The molecule has 4 aromatic rings. The summed E-state index contributed by atoms with van der Waals surface area (Å²) in [6.45, 7) is 4.13. The third-order valence-electron chi connectivity index (χ3n) is 9.87. The van der Waals surface area contributed by atoms with Crippen LogP contribution < -0.4 is 5.32 Å². The molecule has 7 rings (SSSR count). The number of nitrogens with zero attached hydrogens (tertiary/aromatic N) is 4. The van der Waals surface area contributed by atoms with E-state index in [1.807, 2.05) is 0 Å². The molecule has 11 heteroatoms. The van der Waals surface area contributed by atoms with Crippen molar-refractivity contribution in [3.63, 3.8) is 0 Å². The van der Waals surface area contributed by atoms with Gasteiger partial charge in [-0.3, -0.25) is 9.36 Å². The Balaban J connectivity index is 0.973. The molecule has 1 aromatic carbocycles. The van der Waals surface area contributed by atoms with Gasteiger partial charge in [0.05, 0.1) is 22.7 Å². The number of aliphatic hydroxyl groups is 2. The number of nitrogens with one attached hydrogen (secondary N) is 1. The lowest BCUT2D eigenvalue weighted by Crippen LogP contribution is -2.42. The minimum absolute atomic E-state index is 0.0618. The first-order valence-electron chi connectivity index (χ1n) is 15.3. The van der Waals surface area contributed by atoms with Crippen LogP contribution in [-0.2, 0) is 7.05 Å². The predicted molar refractivity (Wildman–Crippen MR) is 171 cm³/mol. The molecular weight excluding hydrogens is 613 g/mol. The van der Waals surface area contributed by atoms with Crippen molar-refractivity contribution in [1.29, 1.82) is 0 Å². The molecule has 0 aliphatic heterocycles. The van der Waals surface area contributed by atoms with Gasteiger partial charge in [0.1, 0.15) is 22.7 Å². The van der Waals surface area contributed by atoms with Crippen LogP contribution >= 0.6 is 22.9 Å². The second kappa shape index (κ2) is 11.1. The number of aromatic nitrogens is 4. The Labute approximate surface area is 270 Å². The molecular formula is C34H35ClFN5O3S. The first-order valence-corrected chi connectivity index (χ1v) is 16.5. The Kier molecular flexibility index (Phi) is 7.44. The molecule has 2 atom stereocenters. The van der Waals surface area contributed by atoms with Crippen LogP contribution in [0.25, 0.3) is 5.13 Å². The summed E-state index contributed by atoms with van der Waals surface area (Å²) < 4.78 is 17.4. The van der Waals surface area contributed by atoms with E-state index < -0.39 is 17.0 Å². The zero-order valence-corrected chi connectivity index (χ0v) is 26.9. The minimum atomic E-state index is -1.13. The average molecular weight is 648 g/mol. The SMILES string of the molecule is Cc1ccc(C)n1-c1nc(C2CC(O)(C#CC3(O)CC4CC(c5ncn(C)c5C(=O)Nc5ccc(F)c(Cl)c5)CC4C3)C2)cs1. The first kappa shape index (κ1) is 30.2. The molecule has 2 unspecified atom stereocenters. The molecule has 3 aliphatic rings. The van der Waals surface area contributed by atoms with E-state index in [-0.39, 0.29) is 34.6 Å². The van der Waals surface area contributed by atoms with Crippen molar-refractivity contribution in [2.45, 2.75) is 75.4 Å². The molecule has 234 valence electrons. The normalized spacial score (nSPS) is 28.8. The van der Waals surface area contributed by atoms with Crippen molar-refractivity contribution < 1.29 is 19.4 Å². The van der Waals surface area contributed by atoms with Crippen LogP contribution in [0.2, 0.25) is 5.02 Å². The van der Waals surface area contributed by atoms with Crippen LogP contribution in [0.3, 0.4) is 0 Å². The van der Waals surface area contributed by atoms with Gasteiger partial charge in [-0.2, -0.15) is 0 Å². The summed E-state index contributed by atoms with van der Waals surface area (Å²) >= 11 is 7.50. The number of thiazole rings is 1. The van der Waals surface area contributed by atoms with E-state index in [4.69, 9.17) is 16.6 Å². The Morgan fingerprint density at radius 2 is 1.69 bits per heavy atom. The molecule has 0 saturated heterocycles. The molecule has 3 aliphatic carbocycles. The average Bonchev–Trinajstić information content (AvgIpc) is 3.78. The zero-order chi connectivity index (χ0) is 31.7. The lowest BCUT2D eigenvalue weighted by Gasteiger charge is -2.39. The maximum Gasteiger partial charge on any atom is 0.274 e. The standard InChI is InChI=1S/C34H35ClFN5O3S/c1-19-4-5-20(2)41(19)32-39-28(17-45-32)24-15-34(44,16-24)9-8-33(43)13-22-10-21(11-23(22)14-33)29-30(40(3)18-37-29)31(42)38-25-6-7-27(36)26(35)12-25/h4-7,12,17-18,21-24,43-44H,10-11,13-16H2,1-3H3,(H,38,42). The topological polar surface area (TPSA) is 105 Å². The number of imidazole rings is 1. The number of halogens is 2. The largest absolute Gasteiger partial charge is 0.378 e. The van der Waals surface area contributed by atoms with E-state index in [1.165, 1.54) is 18.2 Å². The van der Waals surface area contributed by atoms with E-state index in [1.54, 1.807) is 29.3 Å². The number of aryl methyl sites for hydroxylation is 3. The maximum absolute atomic E-state index is 13.6. The van der Waals surface area contributed by atoms with Gasteiger partial charge in [-0.05, 0) is 94.5 Å². The molecule has 3 aromatic heterocycles. The Bertz CT molecular complexity index is 1830. The minimum Gasteiger partial charge on any atom is -0.378 e. The smallest absolute Gasteiger partial charge is 0.274 e. The van der Waals surface area contributed by atoms with Gasteiger partial charge >= 0.3 is 0 Å². The lowest BCUT2D eigenvalue weighted by atomic mass is 9.70. The van der Waals surface area contributed by atoms with E-state index in [9.17, 15) is 19.4 Å². The van der Waals surface area contributed by atoms with Crippen LogP contribution in [0.4, 0.5) is 10.1 Å². The second-order valence-electron chi connectivity index (χ2n) is 13.2. The number of carbonyl (C=O) groups excluding carboxylic acids is 1. The molecule has 3 saturated carbocycles. The molecule has 0 radical (unpaired) electrons. The molecule has 0 spiro atoms. The summed E-state index contributed by atoms with van der Waals surface area (Å²) in [7, 11) is 1.78. The Morgan fingerprint density at radius 3 is 2.33 bits per heavy atom. The first-order chi connectivity index (χ1) is 21.4. The summed E-state index contributed by atoms with van der Waals surface area (Å²) in [6.07, 6.45) is 5.32. The lowest BCUT2D eigenvalue weighted by molar-refractivity contribution is 0.00367. The number of fused-ring (bicyclic) bond motifs is 1. The fourth-order valence-corrected chi connectivity index (χ4v) is 8.82. The fraction of sp³-hybridized carbons (Fsp3) is 0.441. The van der Waals surface area contributed by atoms with Crippen molar-refractivity contribution in [2.75, 3.05) is 5.32 Å². The van der Waals surface area contributed by atoms with Crippen molar-refractivity contribution in [3.8, 4) is 17.0 Å². The molecule has 1 amide bonds. The fourth-order valence-electron chi connectivity index (χ4n) is 7.61. The van der Waals surface area contributed by atoms with E-state index in [2.05, 4.69) is 58.1 Å². The number of amides is 1. The van der Waals surface area contributed by atoms with E-state index in [0.29, 0.717) is 37.1 Å². The van der Waals surface area contributed by atoms with Crippen molar-refractivity contribution >= 4 is 34.5 Å². The van der Waals surface area contributed by atoms with Crippen LogP contribution in [0, 0.1) is 43.3 Å². The monoisotopic (exact) mass is 647 g/mol. The number of benzene rings is 1. The number of rotatable bonds is 5. The highest BCUT2D eigenvalue weighted by Crippen LogP contribution is 2.54. The van der Waals surface area contributed by atoms with Gasteiger partial charge in [-0.15, -0.1) is 11.3 Å². The van der Waals surface area contributed by atoms with Crippen molar-refractivity contribution in [1.82, 2.24) is 19.1 Å². The molecule has 3 heterocycles. The number of hydrogen-bond donors (Lipinski definition) is 3. The van der Waals surface area contributed by atoms with Gasteiger partial charge in [-0.1, -0.05) is 23.4 Å². The summed E-state index contributed by atoms with van der Waals surface area (Å²) in [5.41, 5.74) is 2.62. The van der Waals surface area contributed by atoms with Crippen LogP contribution in [0.1, 0.15) is 83.6 Å². The van der Waals surface area contributed by atoms with E-state index >= 15 is 0 Å². The second-order valence-corrected chi connectivity index (χ2v) is 14.4. The van der Waals surface area contributed by atoms with Gasteiger partial charge in [0.15, 0.2) is 5.13 Å². The highest BCUT2D eigenvalue weighted by Gasteiger charge is 2.50. The quantitative estimate of drug-likeness (QED) is 0.221. The number of hydrogen-bond acceptors (Lipinski definition) is 6.